The van der Waals surface area contributed by atoms with Gasteiger partial charge in [-0.3, -0.25) is 4.79 Å². The maximum atomic E-state index is 12.5. The first-order valence-electron chi connectivity index (χ1n) is 6.40. The van der Waals surface area contributed by atoms with Crippen molar-refractivity contribution >= 4 is 11.7 Å². The Morgan fingerprint density at radius 1 is 1.18 bits per heavy atom. The molecule has 1 aromatic heterocycles. The van der Waals surface area contributed by atoms with Gasteiger partial charge in [0.15, 0.2) is 0 Å². The Balaban J connectivity index is 2.08. The summed E-state index contributed by atoms with van der Waals surface area (Å²) in [6, 6.07) is 8.99. The number of alkyl halides is 3. The highest BCUT2D eigenvalue weighted by Gasteiger charge is 2.30. The molecule has 2 rings (SSSR count). The topological polar surface area (TPSA) is 59.2 Å². The number of primary amides is 1. The zero-order valence-electron chi connectivity index (χ0n) is 11.8. The summed E-state index contributed by atoms with van der Waals surface area (Å²) in [5.41, 5.74) is 5.66. The predicted molar refractivity (Wildman–Crippen MR) is 76.3 cm³/mol. The minimum Gasteiger partial charge on any atom is -0.366 e. The van der Waals surface area contributed by atoms with E-state index < -0.39 is 17.6 Å². The molecule has 0 spiro atoms. The Hall–Kier alpha value is -2.57. The number of hydrogen-bond donors (Lipinski definition) is 1. The molecular formula is C15H14F3N3O. The van der Waals surface area contributed by atoms with Crippen LogP contribution in [0.3, 0.4) is 0 Å². The van der Waals surface area contributed by atoms with Gasteiger partial charge in [0.25, 0.3) is 0 Å². The smallest absolute Gasteiger partial charge is 0.366 e. The molecule has 0 unspecified atom stereocenters. The second-order valence-corrected chi connectivity index (χ2v) is 4.82. The number of halogens is 3. The van der Waals surface area contributed by atoms with Crippen LogP contribution in [0.15, 0.2) is 42.6 Å². The summed E-state index contributed by atoms with van der Waals surface area (Å²) < 4.78 is 37.4. The van der Waals surface area contributed by atoms with Crippen molar-refractivity contribution in [1.82, 2.24) is 4.98 Å². The van der Waals surface area contributed by atoms with Crippen molar-refractivity contribution in [3.05, 3.63) is 59.3 Å². The first-order chi connectivity index (χ1) is 10.3. The molecule has 0 aliphatic carbocycles. The molecule has 0 bridgehead atoms. The maximum Gasteiger partial charge on any atom is 0.417 e. The van der Waals surface area contributed by atoms with Crippen molar-refractivity contribution in [1.29, 1.82) is 0 Å². The Morgan fingerprint density at radius 3 is 2.27 bits per heavy atom. The van der Waals surface area contributed by atoms with E-state index in [-0.39, 0.29) is 0 Å². The summed E-state index contributed by atoms with van der Waals surface area (Å²) in [4.78, 5) is 16.5. The Kier molecular flexibility index (Phi) is 4.35. The summed E-state index contributed by atoms with van der Waals surface area (Å²) in [7, 11) is 1.72. The normalized spacial score (nSPS) is 11.3. The molecule has 116 valence electrons. The van der Waals surface area contributed by atoms with Crippen molar-refractivity contribution < 1.29 is 18.0 Å². The van der Waals surface area contributed by atoms with Gasteiger partial charge in [-0.05, 0) is 29.8 Å². The van der Waals surface area contributed by atoms with Crippen LogP contribution in [0.4, 0.5) is 19.0 Å². The molecule has 0 saturated carbocycles. The van der Waals surface area contributed by atoms with Gasteiger partial charge in [0.1, 0.15) is 5.82 Å². The molecule has 0 atom stereocenters. The van der Waals surface area contributed by atoms with Crippen molar-refractivity contribution in [3.8, 4) is 0 Å². The third kappa shape index (κ3) is 3.75. The van der Waals surface area contributed by atoms with Gasteiger partial charge in [0.05, 0.1) is 5.56 Å². The molecule has 22 heavy (non-hydrogen) atoms. The number of nitrogens with zero attached hydrogens (tertiary/aromatic N) is 2. The number of benzene rings is 1. The minimum atomic E-state index is -4.39. The Bertz CT molecular complexity index is 651. The summed E-state index contributed by atoms with van der Waals surface area (Å²) in [6.45, 7) is 0.442. The van der Waals surface area contributed by atoms with Crippen LogP contribution in [-0.2, 0) is 12.7 Å². The molecule has 0 radical (unpaired) electrons. The fourth-order valence-electron chi connectivity index (χ4n) is 1.91. The lowest BCUT2D eigenvalue weighted by molar-refractivity contribution is -0.137. The third-order valence-electron chi connectivity index (χ3n) is 3.12. The SMILES string of the molecule is CN(Cc1ccc(C(N)=O)cc1)c1ccc(C(F)(F)F)cn1. The monoisotopic (exact) mass is 309 g/mol. The van der Waals surface area contributed by atoms with Crippen molar-refractivity contribution in [3.63, 3.8) is 0 Å². The molecule has 1 heterocycles. The number of pyridine rings is 1. The number of amides is 1. The van der Waals surface area contributed by atoms with Crippen LogP contribution in [0.2, 0.25) is 0 Å². The summed E-state index contributed by atoms with van der Waals surface area (Å²) in [5.74, 6) is -0.0868. The molecule has 1 aromatic carbocycles. The number of rotatable bonds is 4. The standard InChI is InChI=1S/C15H14F3N3O/c1-21(9-10-2-4-11(5-3-10)14(19)22)13-7-6-12(8-20-13)15(16,17)18/h2-8H,9H2,1H3,(H2,19,22). The van der Waals surface area contributed by atoms with Crippen LogP contribution >= 0.6 is 0 Å². The zero-order valence-corrected chi connectivity index (χ0v) is 11.8. The fourth-order valence-corrected chi connectivity index (χ4v) is 1.91. The van der Waals surface area contributed by atoms with Crippen LogP contribution in [0.1, 0.15) is 21.5 Å². The quantitative estimate of drug-likeness (QED) is 0.945. The van der Waals surface area contributed by atoms with Crippen LogP contribution in [0.25, 0.3) is 0 Å². The lowest BCUT2D eigenvalue weighted by atomic mass is 10.1. The molecule has 7 heteroatoms. The lowest BCUT2D eigenvalue weighted by Crippen LogP contribution is -2.18. The zero-order chi connectivity index (χ0) is 16.3. The molecular weight excluding hydrogens is 295 g/mol. The molecule has 0 aliphatic rings. The van der Waals surface area contributed by atoms with E-state index in [0.717, 1.165) is 17.8 Å². The van der Waals surface area contributed by atoms with Crippen LogP contribution in [-0.4, -0.2) is 17.9 Å². The second-order valence-electron chi connectivity index (χ2n) is 4.82. The summed E-state index contributed by atoms with van der Waals surface area (Å²) >= 11 is 0. The molecule has 4 nitrogen and oxygen atoms in total. The number of anilines is 1. The lowest BCUT2D eigenvalue weighted by Gasteiger charge is -2.19. The van der Waals surface area contributed by atoms with E-state index in [4.69, 9.17) is 5.73 Å². The van der Waals surface area contributed by atoms with Gasteiger partial charge in [-0.15, -0.1) is 0 Å². The average molecular weight is 309 g/mol. The number of nitrogens with two attached hydrogens (primary N) is 1. The summed E-state index contributed by atoms with van der Waals surface area (Å²) in [5, 5.41) is 0. The van der Waals surface area contributed by atoms with E-state index in [0.29, 0.717) is 17.9 Å². The van der Waals surface area contributed by atoms with E-state index >= 15 is 0 Å². The molecule has 0 aliphatic heterocycles. The Morgan fingerprint density at radius 2 is 1.82 bits per heavy atom. The third-order valence-corrected chi connectivity index (χ3v) is 3.12. The number of aromatic nitrogens is 1. The van der Waals surface area contributed by atoms with Gasteiger partial charge >= 0.3 is 6.18 Å². The van der Waals surface area contributed by atoms with E-state index in [1.807, 2.05) is 0 Å². The first kappa shape index (κ1) is 15.8. The van der Waals surface area contributed by atoms with E-state index in [1.165, 1.54) is 6.07 Å². The van der Waals surface area contributed by atoms with Gasteiger partial charge in [-0.1, -0.05) is 12.1 Å². The maximum absolute atomic E-state index is 12.5. The molecule has 2 N–H and O–H groups in total. The van der Waals surface area contributed by atoms with E-state index in [2.05, 4.69) is 4.98 Å². The first-order valence-corrected chi connectivity index (χ1v) is 6.40. The highest BCUT2D eigenvalue weighted by Crippen LogP contribution is 2.29. The van der Waals surface area contributed by atoms with Crippen LogP contribution < -0.4 is 10.6 Å². The van der Waals surface area contributed by atoms with Crippen LogP contribution in [0, 0.1) is 0 Å². The van der Waals surface area contributed by atoms with Gasteiger partial charge in [-0.25, -0.2) is 4.98 Å². The van der Waals surface area contributed by atoms with Gasteiger partial charge in [-0.2, -0.15) is 13.2 Å². The number of carbonyl (C=O) groups excluding carboxylic acids is 1. The average Bonchev–Trinajstić information content (AvgIpc) is 2.47. The highest BCUT2D eigenvalue weighted by molar-refractivity contribution is 5.92. The Labute approximate surface area is 125 Å². The van der Waals surface area contributed by atoms with Crippen molar-refractivity contribution in [2.45, 2.75) is 12.7 Å². The fraction of sp³-hybridized carbons (Fsp3) is 0.200. The van der Waals surface area contributed by atoms with Gasteiger partial charge in [0, 0.05) is 25.4 Å². The van der Waals surface area contributed by atoms with E-state index in [1.54, 1.807) is 36.2 Å². The predicted octanol–water partition coefficient (Wildman–Crippen LogP) is 2.84. The van der Waals surface area contributed by atoms with Crippen LogP contribution in [0.5, 0.6) is 0 Å². The van der Waals surface area contributed by atoms with Gasteiger partial charge < -0.3 is 10.6 Å². The number of carbonyl (C=O) groups is 1. The summed E-state index contributed by atoms with van der Waals surface area (Å²) in [6.07, 6.45) is -3.59. The van der Waals surface area contributed by atoms with Gasteiger partial charge in [0.2, 0.25) is 5.91 Å². The second kappa shape index (κ2) is 6.05. The molecule has 0 saturated heterocycles. The molecule has 0 fully saturated rings. The van der Waals surface area contributed by atoms with Crippen molar-refractivity contribution in [2.75, 3.05) is 11.9 Å². The molecule has 1 amide bonds. The van der Waals surface area contributed by atoms with E-state index in [9.17, 15) is 18.0 Å². The highest BCUT2D eigenvalue weighted by atomic mass is 19.4. The molecule has 2 aromatic rings. The minimum absolute atomic E-state index is 0.402. The van der Waals surface area contributed by atoms with Crippen molar-refractivity contribution in [2.24, 2.45) is 5.73 Å². The largest absolute Gasteiger partial charge is 0.417 e. The number of hydrogen-bond acceptors (Lipinski definition) is 3.